The number of aliphatic hydroxyl groups excluding tert-OH is 1. The van der Waals surface area contributed by atoms with Crippen molar-refractivity contribution in [2.45, 2.75) is 18.6 Å². The molecule has 2 atom stereocenters. The van der Waals surface area contributed by atoms with Crippen molar-refractivity contribution in [2.75, 3.05) is 13.2 Å². The summed E-state index contributed by atoms with van der Waals surface area (Å²) in [4.78, 5) is 0. The highest BCUT2D eigenvalue weighted by Crippen LogP contribution is 2.33. The molecular weight excluding hydrogens is 159 g/mol. The standard InChI is InChI=1S/C6H10F3NO/c7-6(8,9)4-1-2-10-5(4)3-11/h4-5,10-11H,1-3H2/t4-,5+/m1/s1. The molecule has 0 bridgehead atoms. The molecule has 1 heterocycles. The molecule has 5 heteroatoms. The Bertz CT molecular complexity index is 136. The van der Waals surface area contributed by atoms with E-state index in [-0.39, 0.29) is 6.42 Å². The van der Waals surface area contributed by atoms with Crippen molar-refractivity contribution in [3.63, 3.8) is 0 Å². The zero-order valence-electron chi connectivity index (χ0n) is 5.86. The summed E-state index contributed by atoms with van der Waals surface area (Å²) < 4.78 is 36.1. The van der Waals surface area contributed by atoms with Gasteiger partial charge < -0.3 is 10.4 Å². The summed E-state index contributed by atoms with van der Waals surface area (Å²) in [6.45, 7) is -0.0976. The average molecular weight is 169 g/mol. The minimum atomic E-state index is -4.17. The van der Waals surface area contributed by atoms with Crippen LogP contribution < -0.4 is 5.32 Å². The molecule has 0 amide bonds. The largest absolute Gasteiger partial charge is 0.395 e. The van der Waals surface area contributed by atoms with Crippen LogP contribution in [0.15, 0.2) is 0 Å². The number of alkyl halides is 3. The van der Waals surface area contributed by atoms with Crippen molar-refractivity contribution in [2.24, 2.45) is 5.92 Å². The number of rotatable bonds is 1. The number of nitrogens with one attached hydrogen (secondary N) is 1. The molecule has 11 heavy (non-hydrogen) atoms. The molecule has 0 spiro atoms. The lowest BCUT2D eigenvalue weighted by Gasteiger charge is -2.19. The Morgan fingerprint density at radius 1 is 1.45 bits per heavy atom. The SMILES string of the molecule is OC[C@@H]1NCC[C@H]1C(F)(F)F. The van der Waals surface area contributed by atoms with Crippen molar-refractivity contribution >= 4 is 0 Å². The summed E-state index contributed by atoms with van der Waals surface area (Å²) in [6.07, 6.45) is -4.09. The zero-order chi connectivity index (χ0) is 8.48. The van der Waals surface area contributed by atoms with Gasteiger partial charge in [-0.2, -0.15) is 13.2 Å². The third kappa shape index (κ3) is 1.84. The minimum absolute atomic E-state index is 0.0781. The summed E-state index contributed by atoms with van der Waals surface area (Å²) in [6, 6.07) is -0.796. The van der Waals surface area contributed by atoms with Crippen LogP contribution in [0.1, 0.15) is 6.42 Å². The van der Waals surface area contributed by atoms with Gasteiger partial charge in [0.05, 0.1) is 12.5 Å². The molecule has 0 radical (unpaired) electrons. The van der Waals surface area contributed by atoms with Gasteiger partial charge in [0.2, 0.25) is 0 Å². The van der Waals surface area contributed by atoms with Crippen LogP contribution in [0.3, 0.4) is 0 Å². The van der Waals surface area contributed by atoms with E-state index in [1.807, 2.05) is 0 Å². The number of halogens is 3. The predicted octanol–water partition coefficient (Wildman–Crippen LogP) is 0.519. The van der Waals surface area contributed by atoms with E-state index in [0.717, 1.165) is 0 Å². The van der Waals surface area contributed by atoms with Crippen LogP contribution in [0, 0.1) is 5.92 Å². The maximum absolute atomic E-state index is 12.0. The van der Waals surface area contributed by atoms with Gasteiger partial charge in [0.1, 0.15) is 0 Å². The smallest absolute Gasteiger partial charge is 0.393 e. The van der Waals surface area contributed by atoms with E-state index < -0.39 is 24.7 Å². The number of hydrogen-bond acceptors (Lipinski definition) is 2. The van der Waals surface area contributed by atoms with E-state index in [1.54, 1.807) is 0 Å². The molecule has 1 fully saturated rings. The molecule has 0 aromatic carbocycles. The zero-order valence-corrected chi connectivity index (χ0v) is 5.86. The molecule has 1 aliphatic heterocycles. The van der Waals surface area contributed by atoms with Gasteiger partial charge in [-0.15, -0.1) is 0 Å². The second kappa shape index (κ2) is 2.98. The summed E-state index contributed by atoms with van der Waals surface area (Å²) in [5.41, 5.74) is 0. The summed E-state index contributed by atoms with van der Waals surface area (Å²) in [5.74, 6) is -1.37. The molecular formula is C6H10F3NO. The van der Waals surface area contributed by atoms with E-state index in [0.29, 0.717) is 6.54 Å². The van der Waals surface area contributed by atoms with E-state index >= 15 is 0 Å². The Labute approximate surface area is 62.4 Å². The van der Waals surface area contributed by atoms with Crippen molar-refractivity contribution in [3.05, 3.63) is 0 Å². The first-order chi connectivity index (χ1) is 5.05. The van der Waals surface area contributed by atoms with E-state index in [4.69, 9.17) is 5.11 Å². The molecule has 66 valence electrons. The van der Waals surface area contributed by atoms with Crippen LogP contribution in [-0.4, -0.2) is 30.5 Å². The maximum atomic E-state index is 12.0. The fourth-order valence-electron chi connectivity index (χ4n) is 1.35. The van der Waals surface area contributed by atoms with Crippen molar-refractivity contribution in [1.82, 2.24) is 5.32 Å². The summed E-state index contributed by atoms with van der Waals surface area (Å²) >= 11 is 0. The van der Waals surface area contributed by atoms with Gasteiger partial charge in [-0.1, -0.05) is 0 Å². The average Bonchev–Trinajstić information content (AvgIpc) is 2.31. The van der Waals surface area contributed by atoms with E-state index in [2.05, 4.69) is 5.32 Å². The molecule has 1 rings (SSSR count). The van der Waals surface area contributed by atoms with Gasteiger partial charge in [0.25, 0.3) is 0 Å². The fraction of sp³-hybridized carbons (Fsp3) is 1.00. The van der Waals surface area contributed by atoms with Gasteiger partial charge in [-0.05, 0) is 13.0 Å². The monoisotopic (exact) mass is 169 g/mol. The van der Waals surface area contributed by atoms with Crippen molar-refractivity contribution in [1.29, 1.82) is 0 Å². The Balaban J connectivity index is 2.57. The van der Waals surface area contributed by atoms with Crippen LogP contribution in [-0.2, 0) is 0 Å². The van der Waals surface area contributed by atoms with Crippen LogP contribution >= 0.6 is 0 Å². The molecule has 1 saturated heterocycles. The molecule has 1 aliphatic rings. The highest BCUT2D eigenvalue weighted by molar-refractivity contribution is 4.87. The van der Waals surface area contributed by atoms with Gasteiger partial charge in [-0.3, -0.25) is 0 Å². The Morgan fingerprint density at radius 2 is 2.09 bits per heavy atom. The van der Waals surface area contributed by atoms with E-state index in [9.17, 15) is 13.2 Å². The summed E-state index contributed by atoms with van der Waals surface area (Å²) in [7, 11) is 0. The van der Waals surface area contributed by atoms with Crippen LogP contribution in [0.2, 0.25) is 0 Å². The molecule has 0 unspecified atom stereocenters. The number of aliphatic hydroxyl groups is 1. The molecule has 0 aromatic rings. The Morgan fingerprint density at radius 3 is 2.45 bits per heavy atom. The van der Waals surface area contributed by atoms with Gasteiger partial charge >= 0.3 is 6.18 Å². The third-order valence-electron chi connectivity index (χ3n) is 1.96. The van der Waals surface area contributed by atoms with Gasteiger partial charge in [-0.25, -0.2) is 0 Å². The first kappa shape index (κ1) is 8.80. The predicted molar refractivity (Wildman–Crippen MR) is 33.0 cm³/mol. The van der Waals surface area contributed by atoms with Crippen LogP contribution in [0.5, 0.6) is 0 Å². The minimum Gasteiger partial charge on any atom is -0.395 e. The lowest BCUT2D eigenvalue weighted by atomic mass is 10.0. The third-order valence-corrected chi connectivity index (χ3v) is 1.96. The number of hydrogen-bond donors (Lipinski definition) is 2. The highest BCUT2D eigenvalue weighted by atomic mass is 19.4. The fourth-order valence-corrected chi connectivity index (χ4v) is 1.35. The van der Waals surface area contributed by atoms with Gasteiger partial charge in [0.15, 0.2) is 0 Å². The topological polar surface area (TPSA) is 32.3 Å². The second-order valence-corrected chi connectivity index (χ2v) is 2.68. The van der Waals surface area contributed by atoms with Crippen LogP contribution in [0.25, 0.3) is 0 Å². The second-order valence-electron chi connectivity index (χ2n) is 2.68. The lowest BCUT2D eigenvalue weighted by Crippen LogP contribution is -2.38. The molecule has 0 aromatic heterocycles. The molecule has 2 nitrogen and oxygen atoms in total. The molecule has 0 aliphatic carbocycles. The molecule has 0 saturated carbocycles. The van der Waals surface area contributed by atoms with Gasteiger partial charge in [0, 0.05) is 6.04 Å². The Hall–Kier alpha value is -0.290. The summed E-state index contributed by atoms with van der Waals surface area (Å²) in [5, 5.41) is 11.1. The van der Waals surface area contributed by atoms with E-state index in [1.165, 1.54) is 0 Å². The van der Waals surface area contributed by atoms with Crippen molar-refractivity contribution in [3.8, 4) is 0 Å². The highest BCUT2D eigenvalue weighted by Gasteiger charge is 2.46. The first-order valence-electron chi connectivity index (χ1n) is 3.46. The normalized spacial score (nSPS) is 32.7. The van der Waals surface area contributed by atoms with Crippen LogP contribution in [0.4, 0.5) is 13.2 Å². The quantitative estimate of drug-likeness (QED) is 0.599. The molecule has 2 N–H and O–H groups in total. The Kier molecular flexibility index (Phi) is 2.39. The van der Waals surface area contributed by atoms with Crippen molar-refractivity contribution < 1.29 is 18.3 Å². The maximum Gasteiger partial charge on any atom is 0.393 e. The first-order valence-corrected chi connectivity index (χ1v) is 3.46. The lowest BCUT2D eigenvalue weighted by molar-refractivity contribution is -0.178.